The number of nitrogens with zero attached hydrogens (tertiary/aromatic N) is 3. The van der Waals surface area contributed by atoms with Crippen LogP contribution in [0.15, 0.2) is 36.4 Å². The largest absolute Gasteiger partial charge is 0.493 e. The fourth-order valence-corrected chi connectivity index (χ4v) is 3.57. The second-order valence-electron chi connectivity index (χ2n) is 6.50. The molecule has 0 aliphatic carbocycles. The van der Waals surface area contributed by atoms with Gasteiger partial charge in [0.1, 0.15) is 5.82 Å². The highest BCUT2D eigenvalue weighted by atomic mass is 16.5. The molecule has 2 aromatic carbocycles. The average Bonchev–Trinajstić information content (AvgIpc) is 3.26. The lowest BCUT2D eigenvalue weighted by atomic mass is 10.1. The van der Waals surface area contributed by atoms with Crippen LogP contribution in [0, 0.1) is 0 Å². The van der Waals surface area contributed by atoms with Crippen LogP contribution >= 0.6 is 0 Å². The first-order valence-electron chi connectivity index (χ1n) is 9.07. The van der Waals surface area contributed by atoms with E-state index in [4.69, 9.17) is 24.2 Å². The third-order valence-corrected chi connectivity index (χ3v) is 4.91. The third-order valence-electron chi connectivity index (χ3n) is 4.91. The minimum Gasteiger partial charge on any atom is -0.493 e. The Kier molecular flexibility index (Phi) is 4.71. The molecule has 1 aromatic heterocycles. The lowest BCUT2D eigenvalue weighted by Gasteiger charge is -2.20. The van der Waals surface area contributed by atoms with Crippen LogP contribution in [-0.2, 0) is 0 Å². The molecule has 0 unspecified atom stereocenters. The molecule has 140 valence electrons. The molecule has 0 atom stereocenters. The highest BCUT2D eigenvalue weighted by molar-refractivity contribution is 5.91. The van der Waals surface area contributed by atoms with Crippen molar-refractivity contribution in [2.75, 3.05) is 39.3 Å². The van der Waals surface area contributed by atoms with Gasteiger partial charge in [-0.05, 0) is 37.1 Å². The Balaban J connectivity index is 1.91. The molecular formula is C21H23N3O3. The van der Waals surface area contributed by atoms with Crippen LogP contribution in [0.3, 0.4) is 0 Å². The van der Waals surface area contributed by atoms with Gasteiger partial charge in [0.15, 0.2) is 17.3 Å². The summed E-state index contributed by atoms with van der Waals surface area (Å²) in [5, 5.41) is 1.08. The summed E-state index contributed by atoms with van der Waals surface area (Å²) in [5.41, 5.74) is 1.76. The number of hydrogen-bond acceptors (Lipinski definition) is 6. The molecule has 0 saturated carbocycles. The number of para-hydroxylation sites is 1. The summed E-state index contributed by atoms with van der Waals surface area (Å²) in [7, 11) is 4.81. The van der Waals surface area contributed by atoms with E-state index in [9.17, 15) is 0 Å². The average molecular weight is 365 g/mol. The van der Waals surface area contributed by atoms with Crippen molar-refractivity contribution in [3.05, 3.63) is 36.4 Å². The minimum absolute atomic E-state index is 0.560. The van der Waals surface area contributed by atoms with E-state index in [2.05, 4.69) is 11.0 Å². The summed E-state index contributed by atoms with van der Waals surface area (Å²) in [6.07, 6.45) is 2.38. The second-order valence-corrected chi connectivity index (χ2v) is 6.50. The highest BCUT2D eigenvalue weighted by Crippen LogP contribution is 2.41. The van der Waals surface area contributed by atoms with Crippen molar-refractivity contribution in [2.24, 2.45) is 0 Å². The Morgan fingerprint density at radius 1 is 0.852 bits per heavy atom. The maximum absolute atomic E-state index is 5.49. The number of aromatic nitrogens is 2. The SMILES string of the molecule is COc1cc(-c2nc(N3CCCC3)c3ccccc3n2)cc(OC)c1OC. The van der Waals surface area contributed by atoms with Gasteiger partial charge in [-0.15, -0.1) is 0 Å². The van der Waals surface area contributed by atoms with Gasteiger partial charge in [-0.3, -0.25) is 0 Å². The van der Waals surface area contributed by atoms with Gasteiger partial charge in [0.25, 0.3) is 0 Å². The van der Waals surface area contributed by atoms with Crippen molar-refractivity contribution in [2.45, 2.75) is 12.8 Å². The van der Waals surface area contributed by atoms with Crippen LogP contribution in [0.2, 0.25) is 0 Å². The molecule has 6 nitrogen and oxygen atoms in total. The molecule has 1 aliphatic rings. The quantitative estimate of drug-likeness (QED) is 0.683. The molecule has 27 heavy (non-hydrogen) atoms. The molecule has 3 aromatic rings. The van der Waals surface area contributed by atoms with Crippen molar-refractivity contribution in [1.82, 2.24) is 9.97 Å². The standard InChI is InChI=1S/C21H23N3O3/c1-25-17-12-14(13-18(26-2)19(17)27-3)20-22-16-9-5-4-8-15(16)21(23-20)24-10-6-7-11-24/h4-5,8-9,12-13H,6-7,10-11H2,1-3H3. The Hall–Kier alpha value is -3.02. The molecule has 0 bridgehead atoms. The molecule has 4 rings (SSSR count). The third kappa shape index (κ3) is 3.12. The summed E-state index contributed by atoms with van der Waals surface area (Å²) in [4.78, 5) is 12.1. The number of methoxy groups -OCH3 is 3. The van der Waals surface area contributed by atoms with Gasteiger partial charge in [0, 0.05) is 24.0 Å². The fraction of sp³-hybridized carbons (Fsp3) is 0.333. The summed E-state index contributed by atoms with van der Waals surface area (Å²) in [6, 6.07) is 11.9. The van der Waals surface area contributed by atoms with Crippen LogP contribution in [0.4, 0.5) is 5.82 Å². The van der Waals surface area contributed by atoms with E-state index in [-0.39, 0.29) is 0 Å². The Bertz CT molecular complexity index is 943. The first-order valence-corrected chi connectivity index (χ1v) is 9.07. The Morgan fingerprint density at radius 2 is 1.52 bits per heavy atom. The second kappa shape index (κ2) is 7.31. The zero-order valence-electron chi connectivity index (χ0n) is 15.9. The Morgan fingerprint density at radius 3 is 2.15 bits per heavy atom. The van der Waals surface area contributed by atoms with E-state index in [0.29, 0.717) is 23.1 Å². The van der Waals surface area contributed by atoms with Crippen molar-refractivity contribution in [3.63, 3.8) is 0 Å². The molecule has 2 heterocycles. The molecule has 0 N–H and O–H groups in total. The summed E-state index contributed by atoms with van der Waals surface area (Å²) in [6.45, 7) is 2.05. The van der Waals surface area contributed by atoms with Gasteiger partial charge in [-0.1, -0.05) is 12.1 Å². The first-order chi connectivity index (χ1) is 13.2. The normalized spacial score (nSPS) is 13.8. The van der Waals surface area contributed by atoms with E-state index in [1.54, 1.807) is 21.3 Å². The molecule has 1 fully saturated rings. The van der Waals surface area contributed by atoms with Crippen LogP contribution in [0.25, 0.3) is 22.3 Å². The van der Waals surface area contributed by atoms with E-state index in [0.717, 1.165) is 35.4 Å². The van der Waals surface area contributed by atoms with Gasteiger partial charge in [0.05, 0.1) is 26.8 Å². The zero-order chi connectivity index (χ0) is 18.8. The van der Waals surface area contributed by atoms with Gasteiger partial charge >= 0.3 is 0 Å². The van der Waals surface area contributed by atoms with Crippen molar-refractivity contribution < 1.29 is 14.2 Å². The number of benzene rings is 2. The van der Waals surface area contributed by atoms with Gasteiger partial charge in [0.2, 0.25) is 5.75 Å². The van der Waals surface area contributed by atoms with Crippen molar-refractivity contribution >= 4 is 16.7 Å². The minimum atomic E-state index is 0.560. The van der Waals surface area contributed by atoms with Gasteiger partial charge in [-0.2, -0.15) is 0 Å². The number of anilines is 1. The predicted octanol–water partition coefficient (Wildman–Crippen LogP) is 3.92. The number of ether oxygens (including phenoxy) is 3. The van der Waals surface area contributed by atoms with E-state index >= 15 is 0 Å². The smallest absolute Gasteiger partial charge is 0.203 e. The summed E-state index contributed by atoms with van der Waals surface area (Å²) >= 11 is 0. The molecular weight excluding hydrogens is 342 g/mol. The van der Waals surface area contributed by atoms with Crippen molar-refractivity contribution in [3.8, 4) is 28.6 Å². The topological polar surface area (TPSA) is 56.7 Å². The maximum atomic E-state index is 5.49. The fourth-order valence-electron chi connectivity index (χ4n) is 3.57. The lowest BCUT2D eigenvalue weighted by molar-refractivity contribution is 0.324. The Labute approximate surface area is 158 Å². The van der Waals surface area contributed by atoms with Crippen LogP contribution < -0.4 is 19.1 Å². The molecule has 1 aliphatic heterocycles. The van der Waals surface area contributed by atoms with Crippen LogP contribution in [-0.4, -0.2) is 44.4 Å². The molecule has 1 saturated heterocycles. The van der Waals surface area contributed by atoms with Crippen LogP contribution in [0.1, 0.15) is 12.8 Å². The highest BCUT2D eigenvalue weighted by Gasteiger charge is 2.20. The van der Waals surface area contributed by atoms with E-state index < -0.39 is 0 Å². The van der Waals surface area contributed by atoms with Crippen LogP contribution in [0.5, 0.6) is 17.2 Å². The number of rotatable bonds is 5. The molecule has 0 amide bonds. The first kappa shape index (κ1) is 17.4. The van der Waals surface area contributed by atoms with Crippen molar-refractivity contribution in [1.29, 1.82) is 0 Å². The monoisotopic (exact) mass is 365 g/mol. The van der Waals surface area contributed by atoms with Gasteiger partial charge < -0.3 is 19.1 Å². The lowest BCUT2D eigenvalue weighted by Crippen LogP contribution is -2.20. The number of fused-ring (bicyclic) bond motifs is 1. The molecule has 0 spiro atoms. The predicted molar refractivity (Wildman–Crippen MR) is 106 cm³/mol. The van der Waals surface area contributed by atoms with E-state index in [1.165, 1.54) is 12.8 Å². The summed E-state index contributed by atoms with van der Waals surface area (Å²) < 4.78 is 16.4. The van der Waals surface area contributed by atoms with E-state index in [1.807, 2.05) is 30.3 Å². The zero-order valence-corrected chi connectivity index (χ0v) is 15.9. The van der Waals surface area contributed by atoms with Gasteiger partial charge in [-0.25, -0.2) is 9.97 Å². The summed E-state index contributed by atoms with van der Waals surface area (Å²) in [5.74, 6) is 3.37. The number of hydrogen-bond donors (Lipinski definition) is 0. The maximum Gasteiger partial charge on any atom is 0.203 e. The molecule has 0 radical (unpaired) electrons. The molecule has 6 heteroatoms.